The van der Waals surface area contributed by atoms with Crippen molar-refractivity contribution in [3.63, 3.8) is 0 Å². The van der Waals surface area contributed by atoms with Crippen molar-refractivity contribution in [2.45, 2.75) is 79.8 Å². The van der Waals surface area contributed by atoms with E-state index in [1.54, 1.807) is 61.3 Å². The lowest BCUT2D eigenvalue weighted by Gasteiger charge is -2.26. The van der Waals surface area contributed by atoms with E-state index in [2.05, 4.69) is 28.0 Å². The lowest BCUT2D eigenvalue weighted by Crippen LogP contribution is -2.15. The third-order valence-electron chi connectivity index (χ3n) is 1.88. The number of allylic oxidation sites excluding steroid dienone is 1. The second-order valence-corrected chi connectivity index (χ2v) is 9.40. The molecule has 0 unspecified atom stereocenters. The molecule has 0 N–H and O–H groups in total. The molecule has 178 valence electrons. The van der Waals surface area contributed by atoms with Crippen molar-refractivity contribution in [2.24, 2.45) is 0 Å². The van der Waals surface area contributed by atoms with Crippen LogP contribution in [0, 0.1) is 12.3 Å². The summed E-state index contributed by atoms with van der Waals surface area (Å²) in [5.41, 5.74) is 0. The molecule has 0 spiro atoms. The molecular formula is C19H37NO8P2-2. The van der Waals surface area contributed by atoms with Crippen molar-refractivity contribution in [2.75, 3.05) is 6.61 Å². The molecule has 0 aliphatic rings. The van der Waals surface area contributed by atoms with Crippen LogP contribution in [-0.4, -0.2) is 36.9 Å². The number of terminal acetylenes is 1. The summed E-state index contributed by atoms with van der Waals surface area (Å²) in [6.07, 6.45) is 5.98. The van der Waals surface area contributed by atoms with Crippen molar-refractivity contribution in [1.82, 2.24) is 0 Å². The Hall–Kier alpha value is -1.03. The fraction of sp³-hybridized carbons (Fsp3) is 0.684. The zero-order chi connectivity index (χ0) is 24.4. The first-order valence-electron chi connectivity index (χ1n) is 9.22. The second kappa shape index (κ2) is 18.7. The average molecular weight is 469 g/mol. The minimum atomic E-state index is -4.05. The van der Waals surface area contributed by atoms with Crippen molar-refractivity contribution in [3.05, 3.63) is 24.1 Å². The van der Waals surface area contributed by atoms with Crippen LogP contribution in [0.2, 0.25) is 0 Å². The molecule has 0 bridgehead atoms. The van der Waals surface area contributed by atoms with Gasteiger partial charge in [-0.15, -0.1) is 6.42 Å². The molecule has 30 heavy (non-hydrogen) atoms. The predicted molar refractivity (Wildman–Crippen MR) is 120 cm³/mol. The monoisotopic (exact) mass is 469 g/mol. The van der Waals surface area contributed by atoms with Crippen LogP contribution in [0.1, 0.15) is 56.8 Å². The highest BCUT2D eigenvalue weighted by Crippen LogP contribution is 2.51. The van der Waals surface area contributed by atoms with E-state index in [0.717, 1.165) is 0 Å². The highest BCUT2D eigenvalue weighted by Gasteiger charge is 2.28. The minimum absolute atomic E-state index is 0. The van der Waals surface area contributed by atoms with Gasteiger partial charge in [-0.05, 0) is 67.5 Å². The molecule has 9 nitrogen and oxygen atoms in total. The van der Waals surface area contributed by atoms with Gasteiger partial charge < -0.3 is 19.4 Å². The highest BCUT2D eigenvalue weighted by atomic mass is 31.2. The Balaban J connectivity index is -0.000000201. The van der Waals surface area contributed by atoms with Gasteiger partial charge >= 0.3 is 7.82 Å². The predicted octanol–water partition coefficient (Wildman–Crippen LogP) is 5.11. The van der Waals surface area contributed by atoms with Crippen molar-refractivity contribution < 1.29 is 38.1 Å². The van der Waals surface area contributed by atoms with Gasteiger partial charge in [0.15, 0.2) is 0 Å². The van der Waals surface area contributed by atoms with Gasteiger partial charge in [0.05, 0.1) is 31.0 Å². The third-order valence-corrected chi connectivity index (χ3v) is 5.07. The van der Waals surface area contributed by atoms with E-state index < -0.39 is 15.6 Å². The van der Waals surface area contributed by atoms with Crippen molar-refractivity contribution >= 4 is 21.5 Å². The molecule has 0 aliphatic heterocycles. The number of hydrogen-bond acceptors (Lipinski definition) is 8. The van der Waals surface area contributed by atoms with Crippen molar-refractivity contribution in [3.8, 4) is 12.3 Å². The highest BCUT2D eigenvalue weighted by molar-refractivity contribution is 7.48. The molecule has 0 atom stereocenters. The number of phosphoric ester groups is 2. The van der Waals surface area contributed by atoms with E-state index >= 15 is 0 Å². The Labute approximate surface area is 183 Å². The molecule has 0 saturated carbocycles. The molecule has 11 heteroatoms. The van der Waals surface area contributed by atoms with Crippen LogP contribution >= 0.6 is 15.6 Å². The summed E-state index contributed by atoms with van der Waals surface area (Å²) in [5, 5.41) is 8.27. The molecule has 0 rings (SSSR count). The van der Waals surface area contributed by atoms with Crippen LogP contribution in [0.25, 0.3) is 5.41 Å². The van der Waals surface area contributed by atoms with E-state index in [1.807, 2.05) is 0 Å². The van der Waals surface area contributed by atoms with E-state index in [1.165, 1.54) is 12.2 Å². The number of hydrogen-bond donors (Lipinski definition) is 0. The Morgan fingerprint density at radius 2 is 1.30 bits per heavy atom. The minimum Gasteiger partial charge on any atom is -0.764 e. The summed E-state index contributed by atoms with van der Waals surface area (Å²) in [7, 11) is -7.60. The SMILES string of the molecule is C#CC=C.CC(C)OP(=O)(OCC=C=[N-])OC(C)C.CC(C)OP(=O)([O-])OC(C)C.[HH]. The topological polar surface area (TPSA) is 126 Å². The van der Waals surface area contributed by atoms with Gasteiger partial charge in [-0.3, -0.25) is 24.0 Å². The first kappa shape index (κ1) is 33.6. The maximum Gasteiger partial charge on any atom is 0.475 e. The fourth-order valence-corrected chi connectivity index (χ4v) is 3.85. The van der Waals surface area contributed by atoms with Gasteiger partial charge in [-0.25, -0.2) is 4.57 Å². The summed E-state index contributed by atoms with van der Waals surface area (Å²) in [5.74, 6) is 3.96. The molecular weight excluding hydrogens is 432 g/mol. The Bertz CT molecular complexity index is 613. The van der Waals surface area contributed by atoms with Crippen LogP contribution in [0.3, 0.4) is 0 Å². The normalized spacial score (nSPS) is 11.2. The Kier molecular flexibility index (Phi) is 21.0. The standard InChI is InChI=1S/C9H17NO4P.C6H15O4P.C4H4.H2/c1-8(2)13-15(11,14-9(3)4)12-7-5-6-10;1-5(2)9-11(7,8)10-6(3)4;1-3-4-2;/h5,8-9H,7H2,1-4H3;5-6H,1-4H3,(H,7,8);1,4H,2H2;1H/q-1;;;/p-1. The number of phosphoric acid groups is 2. The molecule has 0 saturated heterocycles. The maximum atomic E-state index is 11.9. The van der Waals surface area contributed by atoms with Gasteiger partial charge in [0.25, 0.3) is 7.82 Å². The number of nitrogens with zero attached hydrogens (tertiary/aromatic N) is 1. The first-order chi connectivity index (χ1) is 13.6. The summed E-state index contributed by atoms with van der Waals surface area (Å²) >= 11 is 0. The molecule has 0 heterocycles. The molecule has 0 radical (unpaired) electrons. The maximum absolute atomic E-state index is 11.9. The molecule has 0 aliphatic carbocycles. The van der Waals surface area contributed by atoms with E-state index in [0.29, 0.717) is 0 Å². The average Bonchev–Trinajstić information content (AvgIpc) is 2.51. The summed E-state index contributed by atoms with van der Waals surface area (Å²) in [6.45, 7) is 16.6. The molecule has 0 amide bonds. The van der Waals surface area contributed by atoms with Crippen LogP contribution < -0.4 is 4.89 Å². The first-order valence-corrected chi connectivity index (χ1v) is 12.1. The van der Waals surface area contributed by atoms with Crippen LogP contribution in [0.15, 0.2) is 18.7 Å². The second-order valence-electron chi connectivity index (χ2n) is 6.51. The molecule has 0 aromatic heterocycles. The summed E-state index contributed by atoms with van der Waals surface area (Å²) in [4.78, 5) is 10.8. The van der Waals surface area contributed by atoms with Gasteiger partial charge in [0.2, 0.25) is 0 Å². The van der Waals surface area contributed by atoms with E-state index in [-0.39, 0.29) is 32.4 Å². The molecule has 0 fully saturated rings. The zero-order valence-corrected chi connectivity index (χ0v) is 20.9. The van der Waals surface area contributed by atoms with Gasteiger partial charge in [-0.2, -0.15) is 0 Å². The van der Waals surface area contributed by atoms with Crippen LogP contribution in [-0.2, 0) is 31.7 Å². The Morgan fingerprint density at radius 1 is 0.967 bits per heavy atom. The van der Waals surface area contributed by atoms with Crippen LogP contribution in [0.5, 0.6) is 0 Å². The van der Waals surface area contributed by atoms with E-state index in [9.17, 15) is 14.0 Å². The fourth-order valence-electron chi connectivity index (χ4n) is 1.31. The van der Waals surface area contributed by atoms with E-state index in [4.69, 9.17) is 19.0 Å². The lowest BCUT2D eigenvalue weighted by atomic mass is 10.5. The largest absolute Gasteiger partial charge is 0.764 e. The quantitative estimate of drug-likeness (QED) is 0.232. The zero-order valence-electron chi connectivity index (χ0n) is 19.1. The molecule has 0 aromatic carbocycles. The van der Waals surface area contributed by atoms with Gasteiger partial charge in [0, 0.05) is 1.43 Å². The molecule has 0 aromatic rings. The van der Waals surface area contributed by atoms with Gasteiger partial charge in [-0.1, -0.05) is 12.5 Å². The third kappa shape index (κ3) is 27.0. The van der Waals surface area contributed by atoms with Crippen LogP contribution in [0.4, 0.5) is 0 Å². The smallest absolute Gasteiger partial charge is 0.475 e. The summed E-state index contributed by atoms with van der Waals surface area (Å²) in [6, 6.07) is 0. The lowest BCUT2D eigenvalue weighted by molar-refractivity contribution is -0.231. The number of rotatable bonds is 11. The Morgan fingerprint density at radius 3 is 1.53 bits per heavy atom. The van der Waals surface area contributed by atoms with Gasteiger partial charge in [0.1, 0.15) is 0 Å². The summed E-state index contributed by atoms with van der Waals surface area (Å²) < 4.78 is 46.9. The van der Waals surface area contributed by atoms with Crippen molar-refractivity contribution in [1.29, 1.82) is 0 Å².